The van der Waals surface area contributed by atoms with Crippen LogP contribution in [0.4, 0.5) is 0 Å². The van der Waals surface area contributed by atoms with Crippen LogP contribution in [0.15, 0.2) is 72.8 Å². The predicted octanol–water partition coefficient (Wildman–Crippen LogP) is 6.28. The van der Waals surface area contributed by atoms with Crippen molar-refractivity contribution >= 4 is 11.8 Å². The lowest BCUT2D eigenvalue weighted by Crippen LogP contribution is -2.52. The van der Waals surface area contributed by atoms with Gasteiger partial charge in [0.1, 0.15) is 6.04 Å². The van der Waals surface area contributed by atoms with E-state index in [-0.39, 0.29) is 24.3 Å². The topological polar surface area (TPSA) is 67.9 Å². The van der Waals surface area contributed by atoms with Crippen molar-refractivity contribution in [2.24, 2.45) is 0 Å². The summed E-state index contributed by atoms with van der Waals surface area (Å²) in [5.41, 5.74) is 4.12. The van der Waals surface area contributed by atoms with E-state index in [4.69, 9.17) is 9.47 Å². The van der Waals surface area contributed by atoms with Crippen LogP contribution < -0.4 is 14.8 Å². The molecule has 0 aromatic heterocycles. The second-order valence-electron chi connectivity index (χ2n) is 10.2. The average molecular weight is 545 g/mol. The van der Waals surface area contributed by atoms with Gasteiger partial charge in [0.2, 0.25) is 11.8 Å². The van der Waals surface area contributed by atoms with Gasteiger partial charge in [0.25, 0.3) is 0 Å². The monoisotopic (exact) mass is 544 g/mol. The van der Waals surface area contributed by atoms with Crippen molar-refractivity contribution in [3.8, 4) is 11.5 Å². The molecule has 0 unspecified atom stereocenters. The molecule has 1 N–H and O–H groups in total. The quantitative estimate of drug-likeness (QED) is 0.245. The Hall–Kier alpha value is -3.80. The Kier molecular flexibility index (Phi) is 12.1. The molecule has 2 amide bonds. The van der Waals surface area contributed by atoms with Crippen LogP contribution in [0.1, 0.15) is 62.8 Å². The van der Waals surface area contributed by atoms with Gasteiger partial charge in [-0.25, -0.2) is 0 Å². The number of carbonyl (C=O) groups is 2. The fourth-order valence-corrected chi connectivity index (χ4v) is 4.65. The van der Waals surface area contributed by atoms with E-state index in [1.165, 1.54) is 0 Å². The van der Waals surface area contributed by atoms with Crippen LogP contribution in [-0.2, 0) is 29.0 Å². The van der Waals surface area contributed by atoms with Crippen molar-refractivity contribution in [3.63, 3.8) is 0 Å². The zero-order valence-electron chi connectivity index (χ0n) is 24.6. The molecule has 0 aliphatic carbocycles. The highest BCUT2D eigenvalue weighted by molar-refractivity contribution is 5.88. The number of hydrogen-bond donors (Lipinski definition) is 1. The molecule has 40 heavy (non-hydrogen) atoms. The molecular weight excluding hydrogens is 500 g/mol. The van der Waals surface area contributed by atoms with E-state index in [0.717, 1.165) is 28.7 Å². The molecule has 0 aliphatic rings. The summed E-state index contributed by atoms with van der Waals surface area (Å²) in [7, 11) is 0. The maximum absolute atomic E-state index is 14.0. The fraction of sp³-hybridized carbons (Fsp3) is 0.412. The van der Waals surface area contributed by atoms with Gasteiger partial charge in [-0.15, -0.1) is 0 Å². The van der Waals surface area contributed by atoms with Gasteiger partial charge >= 0.3 is 0 Å². The summed E-state index contributed by atoms with van der Waals surface area (Å²) in [5.74, 6) is 1.19. The summed E-state index contributed by atoms with van der Waals surface area (Å²) in [6.45, 7) is 11.4. The molecule has 214 valence electrons. The normalized spacial score (nSPS) is 12.3. The minimum absolute atomic E-state index is 0.0162. The molecule has 0 radical (unpaired) electrons. The number of nitrogens with one attached hydrogen (secondary N) is 1. The summed E-state index contributed by atoms with van der Waals surface area (Å²) in [6, 6.07) is 23.2. The first-order valence-electron chi connectivity index (χ1n) is 14.4. The Morgan fingerprint density at radius 2 is 1.52 bits per heavy atom. The van der Waals surface area contributed by atoms with E-state index >= 15 is 0 Å². The third-order valence-corrected chi connectivity index (χ3v) is 6.94. The predicted molar refractivity (Wildman–Crippen MR) is 161 cm³/mol. The second kappa shape index (κ2) is 15.7. The van der Waals surface area contributed by atoms with Gasteiger partial charge < -0.3 is 19.7 Å². The van der Waals surface area contributed by atoms with Crippen molar-refractivity contribution in [1.82, 2.24) is 10.2 Å². The third kappa shape index (κ3) is 9.15. The van der Waals surface area contributed by atoms with Crippen LogP contribution >= 0.6 is 0 Å². The number of nitrogens with zero attached hydrogens (tertiary/aromatic N) is 1. The number of hydrogen-bond acceptors (Lipinski definition) is 4. The number of benzene rings is 3. The summed E-state index contributed by atoms with van der Waals surface area (Å²) in [5, 5.41) is 3.13. The molecule has 0 heterocycles. The van der Waals surface area contributed by atoms with Crippen molar-refractivity contribution in [2.45, 2.75) is 78.9 Å². The number of rotatable bonds is 15. The van der Waals surface area contributed by atoms with Crippen LogP contribution in [0.2, 0.25) is 0 Å². The maximum atomic E-state index is 14.0. The third-order valence-electron chi connectivity index (χ3n) is 6.94. The minimum atomic E-state index is -0.635. The van der Waals surface area contributed by atoms with Crippen LogP contribution in [-0.4, -0.2) is 42.0 Å². The van der Waals surface area contributed by atoms with Crippen molar-refractivity contribution < 1.29 is 19.1 Å². The molecule has 3 rings (SSSR count). The molecule has 3 aromatic rings. The Labute approximate surface area is 239 Å². The molecular formula is C34H44N2O4. The van der Waals surface area contributed by atoms with Crippen molar-refractivity contribution in [1.29, 1.82) is 0 Å². The Bertz CT molecular complexity index is 1230. The zero-order chi connectivity index (χ0) is 28.9. The van der Waals surface area contributed by atoms with E-state index in [2.05, 4.69) is 11.4 Å². The molecule has 0 saturated heterocycles. The van der Waals surface area contributed by atoms with Gasteiger partial charge in [-0.1, -0.05) is 73.2 Å². The number of ether oxygens (including phenoxy) is 2. The zero-order valence-corrected chi connectivity index (χ0v) is 24.6. The molecule has 0 bridgehead atoms. The molecule has 6 heteroatoms. The van der Waals surface area contributed by atoms with Gasteiger partial charge in [0, 0.05) is 25.4 Å². The van der Waals surface area contributed by atoms with Gasteiger partial charge in [0.05, 0.1) is 13.2 Å². The second-order valence-corrected chi connectivity index (χ2v) is 10.2. The van der Waals surface area contributed by atoms with Crippen LogP contribution in [0.5, 0.6) is 11.5 Å². The van der Waals surface area contributed by atoms with Crippen LogP contribution in [0.25, 0.3) is 0 Å². The van der Waals surface area contributed by atoms with E-state index in [0.29, 0.717) is 44.1 Å². The summed E-state index contributed by atoms with van der Waals surface area (Å²) >= 11 is 0. The average Bonchev–Trinajstić information content (AvgIpc) is 2.95. The molecule has 2 atom stereocenters. The SMILES string of the molecule is CCOc1ccc(CCC(=O)N(Cc2cccc(C)c2)[C@@H](Cc2ccccc2)C(=O)N[C@H](C)CC)cc1OCC. The molecule has 3 aromatic carbocycles. The van der Waals surface area contributed by atoms with E-state index in [9.17, 15) is 9.59 Å². The molecule has 0 fully saturated rings. The van der Waals surface area contributed by atoms with E-state index in [1.54, 1.807) is 4.90 Å². The largest absolute Gasteiger partial charge is 0.490 e. The van der Waals surface area contributed by atoms with Crippen LogP contribution in [0, 0.1) is 6.92 Å². The smallest absolute Gasteiger partial charge is 0.243 e. The summed E-state index contributed by atoms with van der Waals surface area (Å²) in [4.78, 5) is 29.4. The number of aryl methyl sites for hydroxylation is 2. The number of carbonyl (C=O) groups excluding carboxylic acids is 2. The molecule has 6 nitrogen and oxygen atoms in total. The van der Waals surface area contributed by atoms with Crippen molar-refractivity contribution in [3.05, 3.63) is 95.1 Å². The minimum Gasteiger partial charge on any atom is -0.490 e. The maximum Gasteiger partial charge on any atom is 0.243 e. The van der Waals surface area contributed by atoms with Gasteiger partial charge in [-0.3, -0.25) is 9.59 Å². The molecule has 0 saturated carbocycles. The standard InChI is InChI=1S/C34H44N2O4/c1-6-26(5)35-34(38)30(22-27-14-10-9-11-15-27)36(24-29-16-12-13-25(4)21-29)33(37)20-18-28-17-19-31(39-7-2)32(23-28)40-8-3/h9-17,19,21,23,26,30H,6-8,18,20,22,24H2,1-5H3,(H,35,38)/t26-,30+/m1/s1. The summed E-state index contributed by atoms with van der Waals surface area (Å²) in [6.07, 6.45) is 2.06. The first-order valence-corrected chi connectivity index (χ1v) is 14.4. The fourth-order valence-electron chi connectivity index (χ4n) is 4.65. The lowest BCUT2D eigenvalue weighted by molar-refractivity contribution is -0.141. The first-order chi connectivity index (χ1) is 19.3. The van der Waals surface area contributed by atoms with Gasteiger partial charge in [-0.2, -0.15) is 0 Å². The molecule has 0 aliphatic heterocycles. The van der Waals surface area contributed by atoms with E-state index < -0.39 is 6.04 Å². The Morgan fingerprint density at radius 3 is 2.20 bits per heavy atom. The van der Waals surface area contributed by atoms with Crippen LogP contribution in [0.3, 0.4) is 0 Å². The van der Waals surface area contributed by atoms with Crippen molar-refractivity contribution in [2.75, 3.05) is 13.2 Å². The summed E-state index contributed by atoms with van der Waals surface area (Å²) < 4.78 is 11.5. The van der Waals surface area contributed by atoms with Gasteiger partial charge in [-0.05, 0) is 69.4 Å². The number of amides is 2. The molecule has 0 spiro atoms. The Balaban J connectivity index is 1.91. The lowest BCUT2D eigenvalue weighted by atomic mass is 10.0. The first kappa shape index (κ1) is 30.7. The highest BCUT2D eigenvalue weighted by Gasteiger charge is 2.30. The lowest BCUT2D eigenvalue weighted by Gasteiger charge is -2.32. The Morgan fingerprint density at radius 1 is 0.825 bits per heavy atom. The van der Waals surface area contributed by atoms with E-state index in [1.807, 2.05) is 101 Å². The highest BCUT2D eigenvalue weighted by atomic mass is 16.5. The van der Waals surface area contributed by atoms with Gasteiger partial charge in [0.15, 0.2) is 11.5 Å². The highest BCUT2D eigenvalue weighted by Crippen LogP contribution is 2.29.